The Hall–Kier alpha value is -1.88. The summed E-state index contributed by atoms with van der Waals surface area (Å²) in [6.45, 7) is 0. The number of fused-ring (bicyclic) bond motifs is 1. The summed E-state index contributed by atoms with van der Waals surface area (Å²) in [6.07, 6.45) is 1.57. The van der Waals surface area contributed by atoms with Gasteiger partial charge >= 0.3 is 0 Å². The van der Waals surface area contributed by atoms with Gasteiger partial charge < -0.3 is 14.6 Å². The van der Waals surface area contributed by atoms with Gasteiger partial charge in [0, 0.05) is 12.0 Å². The third kappa shape index (κ3) is 0.772. The van der Waals surface area contributed by atoms with Crippen molar-refractivity contribution in [1.29, 1.82) is 0 Å². The Bertz CT molecular complexity index is 719. The molecule has 18 heavy (non-hydrogen) atoms. The number of hydrogen-bond acceptors (Lipinski definition) is 4. The molecule has 0 N–H and O–H groups in total. The van der Waals surface area contributed by atoms with Crippen LogP contribution < -0.4 is 14.7 Å². The zero-order valence-electron chi connectivity index (χ0n) is 9.23. The van der Waals surface area contributed by atoms with E-state index in [0.29, 0.717) is 0 Å². The minimum Gasteiger partial charge on any atom is -0.503 e. The van der Waals surface area contributed by atoms with Crippen molar-refractivity contribution >= 4 is 21.9 Å². The van der Waals surface area contributed by atoms with E-state index in [1.807, 2.05) is 17.0 Å². The number of carbonyl (C=O) groups is 1. The lowest BCUT2D eigenvalue weighted by molar-refractivity contribution is -0.232. The molecule has 1 atom stereocenters. The van der Waals surface area contributed by atoms with E-state index >= 15 is 0 Å². The molecule has 1 unspecified atom stereocenters. The molecule has 4 aliphatic rings. The van der Waals surface area contributed by atoms with Crippen LogP contribution in [0.2, 0.25) is 0 Å². The van der Waals surface area contributed by atoms with Crippen LogP contribution in [0.4, 0.5) is 10.5 Å². The van der Waals surface area contributed by atoms with Crippen LogP contribution in [0, 0.1) is 0 Å². The van der Waals surface area contributed by atoms with Gasteiger partial charge in [-0.1, -0.05) is 12.1 Å². The fourth-order valence-corrected chi connectivity index (χ4v) is 5.24. The highest BCUT2D eigenvalue weighted by molar-refractivity contribution is 8.17. The molecule has 4 aliphatic heterocycles. The fourth-order valence-electron chi connectivity index (χ4n) is 3.24. The van der Waals surface area contributed by atoms with Gasteiger partial charge in [0.05, 0.1) is 12.1 Å². The molecule has 0 fully saturated rings. The highest BCUT2D eigenvalue weighted by Crippen LogP contribution is 2.60. The number of allylic oxidation sites excluding steroid dienone is 2. The van der Waals surface area contributed by atoms with Crippen molar-refractivity contribution in [2.45, 2.75) is 12.8 Å². The molecule has 4 heterocycles. The van der Waals surface area contributed by atoms with Gasteiger partial charge in [0.25, 0.3) is 11.2 Å². The topological polar surface area (TPSA) is 52.6 Å². The van der Waals surface area contributed by atoms with E-state index in [9.17, 15) is 9.90 Å². The average molecular weight is 257 g/mol. The summed E-state index contributed by atoms with van der Waals surface area (Å²) in [5, 5.41) is 11.3. The van der Waals surface area contributed by atoms with Crippen LogP contribution in [-0.2, 0) is 17.3 Å². The smallest absolute Gasteiger partial charge is 0.286 e. The van der Waals surface area contributed by atoms with Gasteiger partial charge in [-0.15, -0.1) is 0 Å². The second-order valence-corrected chi connectivity index (χ2v) is 6.57. The lowest BCUT2D eigenvalue weighted by atomic mass is 9.96. The lowest BCUT2D eigenvalue weighted by Gasteiger charge is -2.22. The molecule has 0 aromatic heterocycles. The standard InChI is InChI=1S/C13H7NO3S/c15-13(16)18-9-5-7-4-6-2-1-3-8-10(6)14(12(7)18)11(9)17-8/h1-3H,4-5H2. The first-order valence-corrected chi connectivity index (χ1v) is 6.98. The van der Waals surface area contributed by atoms with Crippen molar-refractivity contribution in [3.63, 3.8) is 0 Å². The lowest BCUT2D eigenvalue weighted by Crippen LogP contribution is -2.32. The first-order chi connectivity index (χ1) is 8.75. The predicted molar refractivity (Wildman–Crippen MR) is 64.7 cm³/mol. The predicted octanol–water partition coefficient (Wildman–Crippen LogP) is 1.20. The van der Waals surface area contributed by atoms with Crippen molar-refractivity contribution in [3.05, 3.63) is 45.2 Å². The number of ether oxygens (including phenoxy) is 1. The van der Waals surface area contributed by atoms with Crippen LogP contribution in [-0.4, -0.2) is 5.30 Å². The zero-order valence-corrected chi connectivity index (χ0v) is 10.0. The van der Waals surface area contributed by atoms with Crippen LogP contribution in [0.15, 0.2) is 39.6 Å². The summed E-state index contributed by atoms with van der Waals surface area (Å²) in [6, 6.07) is 6.01. The number of benzene rings is 1. The Morgan fingerprint density at radius 3 is 3.11 bits per heavy atom. The van der Waals surface area contributed by atoms with E-state index in [2.05, 4.69) is 6.07 Å². The minimum atomic E-state index is -0.985. The normalized spacial score (nSPS) is 25.1. The largest absolute Gasteiger partial charge is 0.503 e. The van der Waals surface area contributed by atoms with Crippen LogP contribution >= 0.6 is 0 Å². The molecule has 0 aliphatic carbocycles. The van der Waals surface area contributed by atoms with Gasteiger partial charge in [0.1, 0.15) is 10.9 Å². The number of anilines is 1. The molecule has 0 saturated heterocycles. The Balaban J connectivity index is 1.86. The molecule has 0 amide bonds. The molecule has 5 heteroatoms. The first kappa shape index (κ1) is 9.10. The third-order valence-electron chi connectivity index (χ3n) is 3.84. The Morgan fingerprint density at radius 2 is 2.28 bits per heavy atom. The quantitative estimate of drug-likeness (QED) is 0.655. The van der Waals surface area contributed by atoms with Crippen molar-refractivity contribution in [2.24, 2.45) is 0 Å². The van der Waals surface area contributed by atoms with Gasteiger partial charge in [-0.3, -0.25) is 0 Å². The van der Waals surface area contributed by atoms with E-state index in [1.165, 1.54) is 11.1 Å². The fraction of sp³-hybridized carbons (Fsp3) is 0.154. The summed E-state index contributed by atoms with van der Waals surface area (Å²) in [4.78, 5) is 14.2. The number of hydrogen-bond donors (Lipinski definition) is 0. The highest BCUT2D eigenvalue weighted by atomic mass is 32.2. The van der Waals surface area contributed by atoms with E-state index in [1.54, 1.807) is 0 Å². The van der Waals surface area contributed by atoms with Gasteiger partial charge in [-0.05, 0) is 11.6 Å². The minimum absolute atomic E-state index is 0.725. The maximum Gasteiger partial charge on any atom is 0.286 e. The molecule has 0 spiro atoms. The van der Waals surface area contributed by atoms with E-state index in [-0.39, 0.29) is 0 Å². The van der Waals surface area contributed by atoms with E-state index in [4.69, 9.17) is 4.74 Å². The van der Waals surface area contributed by atoms with Crippen LogP contribution in [0.25, 0.3) is 0 Å². The average Bonchev–Trinajstić information content (AvgIpc) is 2.94. The van der Waals surface area contributed by atoms with Gasteiger partial charge in [0.2, 0.25) is 9.93 Å². The molecular weight excluding hydrogens is 250 g/mol. The number of carboxylic acid groups (broad SMARTS) is 1. The van der Waals surface area contributed by atoms with Crippen molar-refractivity contribution < 1.29 is 14.6 Å². The van der Waals surface area contributed by atoms with Crippen molar-refractivity contribution in [1.82, 2.24) is 0 Å². The van der Waals surface area contributed by atoms with Crippen LogP contribution in [0.1, 0.15) is 12.0 Å². The number of carbonyl (C=O) groups excluding carboxylic acids is 1. The van der Waals surface area contributed by atoms with E-state index < -0.39 is 16.2 Å². The maximum atomic E-state index is 11.3. The van der Waals surface area contributed by atoms with Crippen molar-refractivity contribution in [2.75, 3.05) is 4.90 Å². The molecule has 0 radical (unpaired) electrons. The number of rotatable bonds is 0. The SMILES string of the molecule is O=C([O-])[S+]1C2=C3Oc4cccc5c4N3C1=C(C2)C5. The summed E-state index contributed by atoms with van der Waals surface area (Å²) in [5.41, 5.74) is 3.49. The Labute approximate surface area is 106 Å². The van der Waals surface area contributed by atoms with Gasteiger partial charge in [-0.2, -0.15) is 0 Å². The van der Waals surface area contributed by atoms with Crippen molar-refractivity contribution in [3.8, 4) is 5.75 Å². The monoisotopic (exact) mass is 257 g/mol. The molecule has 1 aromatic carbocycles. The molecule has 5 rings (SSSR count). The summed E-state index contributed by atoms with van der Waals surface area (Å²) >= 11 is 0. The first-order valence-electron chi connectivity index (χ1n) is 5.76. The number of para-hydroxylation sites is 1. The maximum absolute atomic E-state index is 11.3. The van der Waals surface area contributed by atoms with Gasteiger partial charge in [0.15, 0.2) is 5.75 Å². The highest BCUT2D eigenvalue weighted by Gasteiger charge is 2.61. The summed E-state index contributed by atoms with van der Waals surface area (Å²) in [7, 11) is -0.893. The van der Waals surface area contributed by atoms with Crippen LogP contribution in [0.3, 0.4) is 0 Å². The van der Waals surface area contributed by atoms with E-state index in [0.717, 1.165) is 40.1 Å². The Kier molecular flexibility index (Phi) is 1.31. The molecule has 2 bridgehead atoms. The molecule has 0 saturated carbocycles. The molecule has 4 nitrogen and oxygen atoms in total. The van der Waals surface area contributed by atoms with Crippen LogP contribution in [0.5, 0.6) is 5.75 Å². The molecule has 1 aromatic rings. The summed E-state index contributed by atoms with van der Waals surface area (Å²) in [5.74, 6) is 1.57. The third-order valence-corrected chi connectivity index (χ3v) is 5.85. The second kappa shape index (κ2) is 2.59. The second-order valence-electron chi connectivity index (χ2n) is 4.75. The molecule has 88 valence electrons. The molecular formula is C13H7NO3S. The van der Waals surface area contributed by atoms with Gasteiger partial charge in [-0.25, -0.2) is 4.90 Å². The zero-order chi connectivity index (χ0) is 12.0. The summed E-state index contributed by atoms with van der Waals surface area (Å²) < 4.78 is 5.84. The Morgan fingerprint density at radius 1 is 1.39 bits per heavy atom. The number of nitrogens with zero attached hydrogens (tertiary/aromatic N) is 1.